The number of amides is 1. The maximum Gasteiger partial charge on any atom is 0.255 e. The second kappa shape index (κ2) is 7.54. The molecule has 1 amide bonds. The molecule has 1 aliphatic rings. The number of nitrogens with zero attached hydrogens (tertiary/aromatic N) is 1. The third kappa shape index (κ3) is 4.02. The van der Waals surface area contributed by atoms with E-state index in [1.165, 1.54) is 6.42 Å². The number of piperidine rings is 1. The van der Waals surface area contributed by atoms with E-state index in [0.29, 0.717) is 33.0 Å². The van der Waals surface area contributed by atoms with Gasteiger partial charge in [-0.05, 0) is 62.6 Å². The zero-order chi connectivity index (χ0) is 18.0. The van der Waals surface area contributed by atoms with Gasteiger partial charge in [-0.1, -0.05) is 23.2 Å². The van der Waals surface area contributed by atoms with E-state index in [0.717, 1.165) is 25.1 Å². The molecule has 1 aliphatic heterocycles. The Hall–Kier alpha value is -1.91. The number of carbonyl (C=O) groups is 1. The molecule has 132 valence electrons. The van der Waals surface area contributed by atoms with Gasteiger partial charge in [0, 0.05) is 23.2 Å². The number of nitrogen functional groups attached to an aromatic ring is 1. The number of anilines is 3. The zero-order valence-electron chi connectivity index (χ0n) is 14.1. The second-order valence-electron chi connectivity index (χ2n) is 6.39. The van der Waals surface area contributed by atoms with Crippen LogP contribution in [0.4, 0.5) is 17.1 Å². The molecule has 4 nitrogen and oxygen atoms in total. The lowest BCUT2D eigenvalue weighted by molar-refractivity contribution is 0.102. The minimum Gasteiger partial charge on any atom is -0.397 e. The average Bonchev–Trinajstić information content (AvgIpc) is 2.58. The topological polar surface area (TPSA) is 58.4 Å². The molecule has 1 saturated heterocycles. The minimum atomic E-state index is -0.235. The van der Waals surface area contributed by atoms with Gasteiger partial charge in [0.05, 0.1) is 22.1 Å². The number of halogens is 2. The minimum absolute atomic E-state index is 0.235. The van der Waals surface area contributed by atoms with Gasteiger partial charge in [0.15, 0.2) is 0 Å². The first kappa shape index (κ1) is 17.9. The van der Waals surface area contributed by atoms with E-state index in [4.69, 9.17) is 28.9 Å². The van der Waals surface area contributed by atoms with Crippen LogP contribution < -0.4 is 16.0 Å². The molecular formula is C19H21Cl2N3O. The Kier molecular flexibility index (Phi) is 5.40. The van der Waals surface area contributed by atoms with Crippen molar-refractivity contribution in [3.63, 3.8) is 0 Å². The number of carbonyl (C=O) groups excluding carboxylic acids is 1. The first-order valence-electron chi connectivity index (χ1n) is 8.38. The van der Waals surface area contributed by atoms with Crippen LogP contribution in [0.15, 0.2) is 36.4 Å². The Morgan fingerprint density at radius 1 is 1.20 bits per heavy atom. The third-order valence-electron chi connectivity index (χ3n) is 4.58. The lowest BCUT2D eigenvalue weighted by Gasteiger charge is -2.36. The first-order valence-corrected chi connectivity index (χ1v) is 9.14. The second-order valence-corrected chi connectivity index (χ2v) is 7.23. The quantitative estimate of drug-likeness (QED) is 0.721. The molecule has 0 saturated carbocycles. The van der Waals surface area contributed by atoms with Crippen molar-refractivity contribution >= 4 is 46.2 Å². The molecule has 1 unspecified atom stereocenters. The van der Waals surface area contributed by atoms with Crippen molar-refractivity contribution in [1.82, 2.24) is 0 Å². The molecule has 2 aromatic carbocycles. The highest BCUT2D eigenvalue weighted by Crippen LogP contribution is 2.36. The van der Waals surface area contributed by atoms with Crippen LogP contribution in [-0.4, -0.2) is 18.5 Å². The summed E-state index contributed by atoms with van der Waals surface area (Å²) < 4.78 is 0. The van der Waals surface area contributed by atoms with Crippen LogP contribution in [0.3, 0.4) is 0 Å². The van der Waals surface area contributed by atoms with Crippen molar-refractivity contribution in [2.45, 2.75) is 32.2 Å². The van der Waals surface area contributed by atoms with E-state index in [1.54, 1.807) is 30.3 Å². The monoisotopic (exact) mass is 377 g/mol. The molecule has 25 heavy (non-hydrogen) atoms. The highest BCUT2D eigenvalue weighted by Gasteiger charge is 2.22. The third-order valence-corrected chi connectivity index (χ3v) is 5.15. The van der Waals surface area contributed by atoms with Gasteiger partial charge in [-0.15, -0.1) is 0 Å². The summed E-state index contributed by atoms with van der Waals surface area (Å²) in [7, 11) is 0. The van der Waals surface area contributed by atoms with Crippen LogP contribution in [0.2, 0.25) is 10.0 Å². The lowest BCUT2D eigenvalue weighted by atomic mass is 10.0. The van der Waals surface area contributed by atoms with Gasteiger partial charge < -0.3 is 16.0 Å². The van der Waals surface area contributed by atoms with Crippen LogP contribution in [-0.2, 0) is 0 Å². The molecule has 6 heteroatoms. The summed E-state index contributed by atoms with van der Waals surface area (Å²) in [4.78, 5) is 14.7. The number of benzene rings is 2. The van der Waals surface area contributed by atoms with Crippen LogP contribution in [0.5, 0.6) is 0 Å². The molecule has 3 rings (SSSR count). The fraction of sp³-hybridized carbons (Fsp3) is 0.316. The average molecular weight is 378 g/mol. The van der Waals surface area contributed by atoms with Crippen molar-refractivity contribution in [2.24, 2.45) is 0 Å². The van der Waals surface area contributed by atoms with Crippen LogP contribution >= 0.6 is 23.2 Å². The Morgan fingerprint density at radius 2 is 1.92 bits per heavy atom. The van der Waals surface area contributed by atoms with E-state index in [-0.39, 0.29) is 5.91 Å². The molecule has 0 aliphatic carbocycles. The lowest BCUT2D eigenvalue weighted by Crippen LogP contribution is -2.37. The first-order chi connectivity index (χ1) is 12.0. The normalized spacial score (nSPS) is 17.4. The summed E-state index contributed by atoms with van der Waals surface area (Å²) in [5.74, 6) is -0.235. The zero-order valence-corrected chi connectivity index (χ0v) is 15.6. The van der Waals surface area contributed by atoms with Gasteiger partial charge in [-0.2, -0.15) is 0 Å². The van der Waals surface area contributed by atoms with E-state index < -0.39 is 0 Å². The molecule has 0 aromatic heterocycles. The molecule has 0 bridgehead atoms. The number of rotatable bonds is 3. The molecule has 1 heterocycles. The Labute approximate surface area is 157 Å². The van der Waals surface area contributed by atoms with E-state index in [9.17, 15) is 4.79 Å². The predicted octanol–water partition coefficient (Wildman–Crippen LogP) is 5.21. The molecule has 1 atom stereocenters. The van der Waals surface area contributed by atoms with E-state index >= 15 is 0 Å². The number of nitrogens with one attached hydrogen (secondary N) is 1. The largest absolute Gasteiger partial charge is 0.397 e. The predicted molar refractivity (Wildman–Crippen MR) is 106 cm³/mol. The molecule has 0 spiro atoms. The van der Waals surface area contributed by atoms with Gasteiger partial charge in [0.1, 0.15) is 0 Å². The maximum atomic E-state index is 12.5. The summed E-state index contributed by atoms with van der Waals surface area (Å²) >= 11 is 12.2. The van der Waals surface area contributed by atoms with E-state index in [1.807, 2.05) is 6.07 Å². The van der Waals surface area contributed by atoms with Gasteiger partial charge in [-0.25, -0.2) is 0 Å². The van der Waals surface area contributed by atoms with Crippen molar-refractivity contribution in [1.29, 1.82) is 0 Å². The number of nitrogens with two attached hydrogens (primary N) is 1. The SMILES string of the molecule is CC1CCCCN1c1cc(NC(=O)c2ccc(Cl)cc2)c(Cl)cc1N. The van der Waals surface area contributed by atoms with Crippen molar-refractivity contribution in [3.8, 4) is 0 Å². The molecule has 1 fully saturated rings. The summed E-state index contributed by atoms with van der Waals surface area (Å²) in [6.45, 7) is 3.15. The van der Waals surface area contributed by atoms with Gasteiger partial charge >= 0.3 is 0 Å². The van der Waals surface area contributed by atoms with Crippen molar-refractivity contribution < 1.29 is 4.79 Å². The Balaban J connectivity index is 1.87. The van der Waals surface area contributed by atoms with Crippen LogP contribution in [0.25, 0.3) is 0 Å². The molecule has 0 radical (unpaired) electrons. The molecule has 2 aromatic rings. The van der Waals surface area contributed by atoms with Crippen LogP contribution in [0, 0.1) is 0 Å². The van der Waals surface area contributed by atoms with Crippen LogP contribution in [0.1, 0.15) is 36.5 Å². The fourth-order valence-electron chi connectivity index (χ4n) is 3.17. The number of hydrogen-bond acceptors (Lipinski definition) is 3. The summed E-state index contributed by atoms with van der Waals surface area (Å²) in [6.07, 6.45) is 3.50. The van der Waals surface area contributed by atoms with E-state index in [2.05, 4.69) is 17.1 Å². The van der Waals surface area contributed by atoms with Gasteiger partial charge in [0.25, 0.3) is 5.91 Å². The molecular weight excluding hydrogens is 357 g/mol. The molecule has 3 N–H and O–H groups in total. The maximum absolute atomic E-state index is 12.5. The van der Waals surface area contributed by atoms with Crippen molar-refractivity contribution in [3.05, 3.63) is 52.0 Å². The Bertz CT molecular complexity index is 777. The van der Waals surface area contributed by atoms with Gasteiger partial charge in [-0.3, -0.25) is 4.79 Å². The number of hydrogen-bond donors (Lipinski definition) is 2. The fourth-order valence-corrected chi connectivity index (χ4v) is 3.52. The smallest absolute Gasteiger partial charge is 0.255 e. The Morgan fingerprint density at radius 3 is 2.60 bits per heavy atom. The summed E-state index contributed by atoms with van der Waals surface area (Å²) in [5.41, 5.74) is 8.81. The highest BCUT2D eigenvalue weighted by molar-refractivity contribution is 6.34. The van der Waals surface area contributed by atoms with Gasteiger partial charge in [0.2, 0.25) is 0 Å². The highest BCUT2D eigenvalue weighted by atomic mass is 35.5. The standard InChI is InChI=1S/C19H21Cl2N3O/c1-12-4-2-3-9-24(12)18-11-17(15(21)10-16(18)22)23-19(25)13-5-7-14(20)8-6-13/h5-8,10-12H,2-4,9,22H2,1H3,(H,23,25). The summed E-state index contributed by atoms with van der Waals surface area (Å²) in [6, 6.07) is 10.7. The van der Waals surface area contributed by atoms with Crippen molar-refractivity contribution in [2.75, 3.05) is 22.5 Å². The summed E-state index contributed by atoms with van der Waals surface area (Å²) in [5, 5.41) is 3.88.